The molecule has 1 aliphatic rings. The molecule has 1 amide bonds. The highest BCUT2D eigenvalue weighted by Gasteiger charge is 2.25. The molecular formula is C23H23F2N5O3. The van der Waals surface area contributed by atoms with Crippen LogP contribution < -0.4 is 19.7 Å². The van der Waals surface area contributed by atoms with Crippen LogP contribution >= 0.6 is 0 Å². The molecule has 172 valence electrons. The Bertz CT molecular complexity index is 1150. The van der Waals surface area contributed by atoms with Gasteiger partial charge < -0.3 is 19.7 Å². The van der Waals surface area contributed by atoms with Gasteiger partial charge in [0.2, 0.25) is 5.88 Å². The highest BCUT2D eigenvalue weighted by atomic mass is 19.1. The lowest BCUT2D eigenvalue weighted by Crippen LogP contribution is -2.39. The van der Waals surface area contributed by atoms with Gasteiger partial charge in [0.05, 0.1) is 13.3 Å². The van der Waals surface area contributed by atoms with Gasteiger partial charge in [0.15, 0.2) is 17.4 Å². The molecule has 0 radical (unpaired) electrons. The third-order valence-electron chi connectivity index (χ3n) is 5.28. The molecule has 3 heterocycles. The summed E-state index contributed by atoms with van der Waals surface area (Å²) in [4.78, 5) is 27.7. The van der Waals surface area contributed by atoms with Crippen LogP contribution in [0, 0.1) is 18.6 Å². The molecule has 0 spiro atoms. The fourth-order valence-corrected chi connectivity index (χ4v) is 3.64. The number of aryl methyl sites for hydroxylation is 1. The van der Waals surface area contributed by atoms with E-state index in [1.54, 1.807) is 31.5 Å². The highest BCUT2D eigenvalue weighted by molar-refractivity contribution is 6.07. The Morgan fingerprint density at radius 3 is 2.70 bits per heavy atom. The van der Waals surface area contributed by atoms with Crippen molar-refractivity contribution in [3.05, 3.63) is 65.7 Å². The molecule has 1 fully saturated rings. The molecule has 0 bridgehead atoms. The molecule has 0 unspecified atom stereocenters. The van der Waals surface area contributed by atoms with Crippen LogP contribution in [0.15, 0.2) is 42.7 Å². The molecule has 0 saturated carbocycles. The highest BCUT2D eigenvalue weighted by Crippen LogP contribution is 2.29. The second-order valence-electron chi connectivity index (χ2n) is 7.55. The van der Waals surface area contributed by atoms with E-state index in [4.69, 9.17) is 9.47 Å². The number of methoxy groups -OCH3 is 1. The first-order valence-electron chi connectivity index (χ1n) is 10.4. The third-order valence-corrected chi connectivity index (χ3v) is 5.28. The number of nitrogens with zero attached hydrogens (tertiary/aromatic N) is 4. The minimum Gasteiger partial charge on any atom is -0.487 e. The van der Waals surface area contributed by atoms with Crippen molar-refractivity contribution in [2.45, 2.75) is 25.9 Å². The standard InChI is InChI=1S/C23H23F2N5O3/c1-14-27-13-19(29-22(31)17-4-3-9-26-23(17)32-2)21(28-14)30-10-7-16(8-11-30)33-20-6-5-15(24)12-18(20)25/h3-6,9,12-13,16H,7-8,10-11H2,1-2H3,(H,29,31). The van der Waals surface area contributed by atoms with Gasteiger partial charge in [0.1, 0.15) is 29.0 Å². The molecular weight excluding hydrogens is 432 g/mol. The summed E-state index contributed by atoms with van der Waals surface area (Å²) in [5.74, 6) is -0.355. The molecule has 0 aliphatic carbocycles. The first kappa shape index (κ1) is 22.4. The van der Waals surface area contributed by atoms with Gasteiger partial charge in [-0.25, -0.2) is 23.7 Å². The van der Waals surface area contributed by atoms with E-state index < -0.39 is 17.5 Å². The normalized spacial score (nSPS) is 14.1. The van der Waals surface area contributed by atoms with E-state index in [1.807, 2.05) is 4.90 Å². The van der Waals surface area contributed by atoms with Crippen molar-refractivity contribution in [2.24, 2.45) is 0 Å². The first-order chi connectivity index (χ1) is 15.9. The lowest BCUT2D eigenvalue weighted by molar-refractivity contribution is 0.102. The monoisotopic (exact) mass is 455 g/mol. The maximum Gasteiger partial charge on any atom is 0.261 e. The minimum atomic E-state index is -0.723. The molecule has 33 heavy (non-hydrogen) atoms. The van der Waals surface area contributed by atoms with Gasteiger partial charge in [-0.3, -0.25) is 4.79 Å². The van der Waals surface area contributed by atoms with Crippen LogP contribution in [0.3, 0.4) is 0 Å². The summed E-state index contributed by atoms with van der Waals surface area (Å²) >= 11 is 0. The first-order valence-corrected chi connectivity index (χ1v) is 10.4. The number of nitrogens with one attached hydrogen (secondary N) is 1. The van der Waals surface area contributed by atoms with Crippen molar-refractivity contribution < 1.29 is 23.0 Å². The maximum absolute atomic E-state index is 13.9. The van der Waals surface area contributed by atoms with Crippen LogP contribution in [-0.4, -0.2) is 47.2 Å². The van der Waals surface area contributed by atoms with Gasteiger partial charge in [-0.1, -0.05) is 0 Å². The van der Waals surface area contributed by atoms with Crippen LogP contribution in [0.1, 0.15) is 29.0 Å². The lowest BCUT2D eigenvalue weighted by atomic mass is 10.1. The van der Waals surface area contributed by atoms with Gasteiger partial charge in [-0.15, -0.1) is 0 Å². The number of hydrogen-bond donors (Lipinski definition) is 1. The number of rotatable bonds is 6. The van der Waals surface area contributed by atoms with E-state index >= 15 is 0 Å². The minimum absolute atomic E-state index is 0.0334. The Labute approximate surface area is 189 Å². The number of halogens is 2. The SMILES string of the molecule is COc1ncccc1C(=O)Nc1cnc(C)nc1N1CCC(Oc2ccc(F)cc2F)CC1. The van der Waals surface area contributed by atoms with E-state index in [9.17, 15) is 13.6 Å². The smallest absolute Gasteiger partial charge is 0.261 e. The third kappa shape index (κ3) is 5.16. The molecule has 0 atom stereocenters. The van der Waals surface area contributed by atoms with Gasteiger partial charge in [0, 0.05) is 38.2 Å². The van der Waals surface area contributed by atoms with Crippen LogP contribution in [0.5, 0.6) is 11.6 Å². The van der Waals surface area contributed by atoms with Crippen molar-refractivity contribution in [2.75, 3.05) is 30.4 Å². The maximum atomic E-state index is 13.9. The second-order valence-corrected chi connectivity index (χ2v) is 7.55. The number of piperidine rings is 1. The Balaban J connectivity index is 1.46. The van der Waals surface area contributed by atoms with Gasteiger partial charge in [-0.05, 0) is 31.2 Å². The van der Waals surface area contributed by atoms with Crippen LogP contribution in [0.25, 0.3) is 0 Å². The fraction of sp³-hybridized carbons (Fsp3) is 0.304. The number of ether oxygens (including phenoxy) is 2. The zero-order valence-corrected chi connectivity index (χ0v) is 18.2. The van der Waals surface area contributed by atoms with E-state index in [2.05, 4.69) is 20.3 Å². The molecule has 1 N–H and O–H groups in total. The van der Waals surface area contributed by atoms with Crippen molar-refractivity contribution >= 4 is 17.4 Å². The number of carbonyl (C=O) groups excluding carboxylic acids is 1. The van der Waals surface area contributed by atoms with E-state index in [-0.39, 0.29) is 17.7 Å². The Hall–Kier alpha value is -3.82. The van der Waals surface area contributed by atoms with Crippen LogP contribution in [-0.2, 0) is 0 Å². The summed E-state index contributed by atoms with van der Waals surface area (Å²) in [7, 11) is 1.45. The number of benzene rings is 1. The van der Waals surface area contributed by atoms with Crippen LogP contribution in [0.2, 0.25) is 0 Å². The molecule has 10 heteroatoms. The molecule has 8 nitrogen and oxygen atoms in total. The zero-order valence-electron chi connectivity index (χ0n) is 18.2. The van der Waals surface area contributed by atoms with Crippen molar-refractivity contribution in [1.82, 2.24) is 15.0 Å². The molecule has 4 rings (SSSR count). The van der Waals surface area contributed by atoms with Crippen molar-refractivity contribution in [3.63, 3.8) is 0 Å². The topological polar surface area (TPSA) is 89.5 Å². The average molecular weight is 455 g/mol. The Morgan fingerprint density at radius 2 is 1.97 bits per heavy atom. The van der Waals surface area contributed by atoms with E-state index in [0.29, 0.717) is 48.8 Å². The summed E-state index contributed by atoms with van der Waals surface area (Å²) in [5, 5.41) is 2.85. The number of carbonyl (C=O) groups is 1. The van der Waals surface area contributed by atoms with Crippen molar-refractivity contribution in [3.8, 4) is 11.6 Å². The average Bonchev–Trinajstić information content (AvgIpc) is 2.82. The van der Waals surface area contributed by atoms with Crippen LogP contribution in [0.4, 0.5) is 20.3 Å². The number of anilines is 2. The number of hydrogen-bond acceptors (Lipinski definition) is 7. The number of aromatic nitrogens is 3. The van der Waals surface area contributed by atoms with Gasteiger partial charge in [0.25, 0.3) is 5.91 Å². The van der Waals surface area contributed by atoms with E-state index in [0.717, 1.165) is 6.07 Å². The quantitative estimate of drug-likeness (QED) is 0.605. The summed E-state index contributed by atoms with van der Waals surface area (Å²) in [5.41, 5.74) is 0.750. The zero-order chi connectivity index (χ0) is 23.4. The van der Waals surface area contributed by atoms with Gasteiger partial charge >= 0.3 is 0 Å². The predicted molar refractivity (Wildman–Crippen MR) is 118 cm³/mol. The number of amides is 1. The molecule has 3 aromatic rings. The second kappa shape index (κ2) is 9.76. The predicted octanol–water partition coefficient (Wildman–Crippen LogP) is 3.77. The lowest BCUT2D eigenvalue weighted by Gasteiger charge is -2.34. The summed E-state index contributed by atoms with van der Waals surface area (Å²) in [6.07, 6.45) is 4.09. The molecule has 1 saturated heterocycles. The molecule has 2 aromatic heterocycles. The summed E-state index contributed by atoms with van der Waals surface area (Å²) in [6, 6.07) is 6.54. The summed E-state index contributed by atoms with van der Waals surface area (Å²) < 4.78 is 37.9. The molecule has 1 aliphatic heterocycles. The molecule has 1 aromatic carbocycles. The van der Waals surface area contributed by atoms with Crippen molar-refractivity contribution in [1.29, 1.82) is 0 Å². The Morgan fingerprint density at radius 1 is 1.18 bits per heavy atom. The largest absolute Gasteiger partial charge is 0.487 e. The van der Waals surface area contributed by atoms with Gasteiger partial charge in [-0.2, -0.15) is 0 Å². The Kier molecular flexibility index (Phi) is 6.62. The van der Waals surface area contributed by atoms with E-state index in [1.165, 1.54) is 19.2 Å². The number of pyridine rings is 1. The summed E-state index contributed by atoms with van der Waals surface area (Å²) in [6.45, 7) is 2.92. The fourth-order valence-electron chi connectivity index (χ4n) is 3.64.